The fourth-order valence-electron chi connectivity index (χ4n) is 0.322. The van der Waals surface area contributed by atoms with Gasteiger partial charge in [0, 0.05) is 0 Å². The summed E-state index contributed by atoms with van der Waals surface area (Å²) in [7, 11) is -7.07. The maximum Gasteiger partial charge on any atom is 0.503 e. The molecule has 11 heteroatoms. The van der Waals surface area contributed by atoms with Crippen LogP contribution in [-0.4, -0.2) is 25.1 Å². The van der Waals surface area contributed by atoms with Crippen LogP contribution in [0.15, 0.2) is 0 Å². The molecule has 0 saturated heterocycles. The molecule has 0 saturated carbocycles. The van der Waals surface area contributed by atoms with E-state index in [-0.39, 0.29) is 5.54 Å². The Hall–Kier alpha value is -1.00. The summed E-state index contributed by atoms with van der Waals surface area (Å²) in [5.41, 5.74) is -6.73. The molecule has 0 aliphatic carbocycles. The van der Waals surface area contributed by atoms with Crippen LogP contribution in [0.3, 0.4) is 0 Å². The van der Waals surface area contributed by atoms with Gasteiger partial charge in [-0.25, -0.2) is 8.42 Å². The summed E-state index contributed by atoms with van der Waals surface area (Å²) in [4.78, 5) is 9.81. The number of halogens is 6. The second-order valence-electron chi connectivity index (χ2n) is 1.89. The second-order valence-corrected chi connectivity index (χ2v) is 3.87. The maximum atomic E-state index is 12.1. The van der Waals surface area contributed by atoms with Gasteiger partial charge in [0.15, 0.2) is 0 Å². The minimum absolute atomic E-state index is 0.385. The lowest BCUT2D eigenvalue weighted by molar-refractivity contribution is -0.142. The van der Waals surface area contributed by atoms with Crippen molar-refractivity contribution < 1.29 is 39.6 Å². The molecule has 0 aliphatic heterocycles. The van der Waals surface area contributed by atoms with Crippen molar-refractivity contribution in [1.82, 2.24) is 5.54 Å². The standard InChI is InChI=1S/C3HF6NO3S/c4-2(5,1(11)10-9)14(12,13)3(6,7)8/h(H,10,11). The molecule has 0 fully saturated rings. The van der Waals surface area contributed by atoms with E-state index in [1.54, 1.807) is 0 Å². The zero-order chi connectivity index (χ0) is 11.8. The molecule has 0 atom stereocenters. The molecule has 0 aromatic heterocycles. The van der Waals surface area contributed by atoms with Crippen LogP contribution in [0.5, 0.6) is 0 Å². The number of amides is 1. The summed E-state index contributed by atoms with van der Waals surface area (Å²) in [6.07, 6.45) is 0. The van der Waals surface area contributed by atoms with E-state index in [0.29, 0.717) is 0 Å². The fourth-order valence-corrected chi connectivity index (χ4v) is 0.896. The Bertz CT molecular complexity index is 331. The second kappa shape index (κ2) is 3.29. The molecule has 0 aromatic rings. The molecule has 84 valence electrons. The average Bonchev–Trinajstić information content (AvgIpc) is 2.00. The fraction of sp³-hybridized carbons (Fsp3) is 0.667. The Morgan fingerprint density at radius 3 is 1.64 bits per heavy atom. The minimum Gasteiger partial charge on any atom is -0.264 e. The molecule has 14 heavy (non-hydrogen) atoms. The normalized spacial score (nSPS) is 13.9. The molecule has 0 spiro atoms. The number of nitrogens with one attached hydrogen (secondary N) is 1. The summed E-state index contributed by atoms with van der Waals surface area (Å²) < 4.78 is 89.7. The largest absolute Gasteiger partial charge is 0.503 e. The van der Waals surface area contributed by atoms with Crippen LogP contribution in [0.1, 0.15) is 0 Å². The van der Waals surface area contributed by atoms with Crippen molar-refractivity contribution >= 4 is 15.7 Å². The third-order valence-electron chi connectivity index (χ3n) is 0.992. The van der Waals surface area contributed by atoms with Gasteiger partial charge in [0.1, 0.15) is 0 Å². The van der Waals surface area contributed by atoms with Gasteiger partial charge in [0.25, 0.3) is 0 Å². The average molecular weight is 245 g/mol. The van der Waals surface area contributed by atoms with Crippen molar-refractivity contribution in [2.75, 3.05) is 0 Å². The van der Waals surface area contributed by atoms with Crippen molar-refractivity contribution in [3.63, 3.8) is 0 Å². The number of alkyl halides is 5. The summed E-state index contributed by atoms with van der Waals surface area (Å²) in [6, 6.07) is 0. The summed E-state index contributed by atoms with van der Waals surface area (Å²) >= 11 is 0. The molecule has 1 N–H and O–H groups in total. The van der Waals surface area contributed by atoms with Crippen molar-refractivity contribution in [3.05, 3.63) is 0 Å². The van der Waals surface area contributed by atoms with Gasteiger partial charge in [-0.2, -0.15) is 27.5 Å². The molecular weight excluding hydrogens is 244 g/mol. The minimum atomic E-state index is -7.07. The van der Waals surface area contributed by atoms with E-state index in [2.05, 4.69) is 0 Å². The molecule has 4 nitrogen and oxygen atoms in total. The topological polar surface area (TPSA) is 63.2 Å². The molecule has 0 unspecified atom stereocenters. The molecule has 0 bridgehead atoms. The van der Waals surface area contributed by atoms with Crippen LogP contribution in [0, 0.1) is 0 Å². The van der Waals surface area contributed by atoms with Gasteiger partial charge in [0.05, 0.1) is 0 Å². The van der Waals surface area contributed by atoms with Gasteiger partial charge in [-0.15, -0.1) is 4.48 Å². The monoisotopic (exact) mass is 245 g/mol. The first-order valence-electron chi connectivity index (χ1n) is 2.58. The van der Waals surface area contributed by atoms with Gasteiger partial charge in [0.2, 0.25) is 0 Å². The highest BCUT2D eigenvalue weighted by molar-refractivity contribution is 7.94. The number of rotatable bonds is 2. The van der Waals surface area contributed by atoms with E-state index < -0.39 is 26.5 Å². The highest BCUT2D eigenvalue weighted by Gasteiger charge is 2.66. The third kappa shape index (κ3) is 1.76. The third-order valence-corrected chi connectivity index (χ3v) is 2.46. The van der Waals surface area contributed by atoms with Crippen LogP contribution in [0.2, 0.25) is 0 Å². The van der Waals surface area contributed by atoms with E-state index in [0.717, 1.165) is 0 Å². The van der Waals surface area contributed by atoms with Crippen LogP contribution in [0.4, 0.5) is 26.4 Å². The Morgan fingerprint density at radius 2 is 1.43 bits per heavy atom. The summed E-state index contributed by atoms with van der Waals surface area (Å²) in [6.45, 7) is 0. The number of carbonyl (C=O) groups is 1. The number of hydrogen-bond acceptors (Lipinski definition) is 3. The van der Waals surface area contributed by atoms with Crippen molar-refractivity contribution in [3.8, 4) is 0 Å². The van der Waals surface area contributed by atoms with Crippen LogP contribution in [-0.2, 0) is 14.6 Å². The SMILES string of the molecule is O=C(NF)C(F)(F)S(=O)(=O)C(F)(F)F. The van der Waals surface area contributed by atoms with Crippen LogP contribution in [0.25, 0.3) is 0 Å². The van der Waals surface area contributed by atoms with Crippen molar-refractivity contribution in [2.24, 2.45) is 0 Å². The summed E-state index contributed by atoms with van der Waals surface area (Å²) in [5.74, 6) is -3.20. The number of carbonyl (C=O) groups excluding carboxylic acids is 1. The van der Waals surface area contributed by atoms with Gasteiger partial charge in [-0.05, 0) is 0 Å². The van der Waals surface area contributed by atoms with Crippen molar-refractivity contribution in [2.45, 2.75) is 10.8 Å². The Morgan fingerprint density at radius 1 is 1.07 bits per heavy atom. The van der Waals surface area contributed by atoms with E-state index in [1.807, 2.05) is 0 Å². The van der Waals surface area contributed by atoms with E-state index in [1.165, 1.54) is 0 Å². The van der Waals surface area contributed by atoms with Gasteiger partial charge >= 0.3 is 26.5 Å². The molecule has 0 rings (SSSR count). The Kier molecular flexibility index (Phi) is 3.06. The predicted molar refractivity (Wildman–Crippen MR) is 29.2 cm³/mol. The highest BCUT2D eigenvalue weighted by atomic mass is 32.2. The molecule has 1 amide bonds. The zero-order valence-corrected chi connectivity index (χ0v) is 6.72. The Balaban J connectivity index is 5.43. The quantitative estimate of drug-likeness (QED) is 0.569. The first-order valence-corrected chi connectivity index (χ1v) is 4.06. The first kappa shape index (κ1) is 13.0. The maximum absolute atomic E-state index is 12.1. The molecule has 0 aromatic carbocycles. The zero-order valence-electron chi connectivity index (χ0n) is 5.90. The van der Waals surface area contributed by atoms with E-state index >= 15 is 0 Å². The van der Waals surface area contributed by atoms with Crippen molar-refractivity contribution in [1.29, 1.82) is 0 Å². The number of sulfone groups is 1. The lowest BCUT2D eigenvalue weighted by Crippen LogP contribution is -2.48. The lowest BCUT2D eigenvalue weighted by Gasteiger charge is -2.15. The predicted octanol–water partition coefficient (Wildman–Crippen LogP) is 0.515. The van der Waals surface area contributed by atoms with Crippen LogP contribution >= 0.6 is 0 Å². The van der Waals surface area contributed by atoms with E-state index in [4.69, 9.17) is 0 Å². The van der Waals surface area contributed by atoms with Crippen LogP contribution < -0.4 is 5.54 Å². The molecular formula is C3HF6NO3S. The smallest absolute Gasteiger partial charge is 0.264 e. The lowest BCUT2D eigenvalue weighted by atomic mass is 10.7. The van der Waals surface area contributed by atoms with E-state index in [9.17, 15) is 39.6 Å². The molecule has 0 aliphatic rings. The highest BCUT2D eigenvalue weighted by Crippen LogP contribution is 2.36. The molecule has 0 radical (unpaired) electrons. The summed E-state index contributed by atoms with van der Waals surface area (Å²) in [5, 5.41) is -5.89. The Labute approximate surface area is 72.7 Å². The van der Waals surface area contributed by atoms with Gasteiger partial charge in [-0.1, -0.05) is 0 Å². The van der Waals surface area contributed by atoms with Gasteiger partial charge < -0.3 is 0 Å². The first-order chi connectivity index (χ1) is 5.98. The molecule has 0 heterocycles. The number of hydrogen-bond donors (Lipinski definition) is 1. The van der Waals surface area contributed by atoms with Gasteiger partial charge in [-0.3, -0.25) is 4.79 Å².